The second kappa shape index (κ2) is 8.61. The van der Waals surface area contributed by atoms with Crippen molar-refractivity contribution in [2.75, 3.05) is 0 Å². The van der Waals surface area contributed by atoms with E-state index in [1.165, 1.54) is 18.4 Å². The number of hydrogen-bond donors (Lipinski definition) is 0. The fourth-order valence-electron chi connectivity index (χ4n) is 2.02. The maximum Gasteiger partial charge on any atom is 0.451 e. The number of thiophene rings is 1. The molecule has 0 N–H and O–H groups in total. The molecule has 0 amide bonds. The van der Waals surface area contributed by atoms with Crippen molar-refractivity contribution in [2.24, 2.45) is 14.1 Å². The molecule has 0 bridgehead atoms. The second-order valence-electron chi connectivity index (χ2n) is 5.28. The Hall–Kier alpha value is -2.65. The molecule has 3 aromatic rings. The van der Waals surface area contributed by atoms with E-state index in [4.69, 9.17) is 0 Å². The number of alkyl halides is 9. The summed E-state index contributed by atoms with van der Waals surface area (Å²) >= 11 is 1.32. The van der Waals surface area contributed by atoms with E-state index < -0.39 is 36.0 Å². The number of nitrogens with zero attached hydrogens (tertiary/aromatic N) is 6. The first-order chi connectivity index (χ1) is 13.1. The minimum atomic E-state index is -4.94. The standard InChI is InChI=1S/C8H6F3N3S.C5H3F6N3.CH4/c1-14-6(5-3-2-4-15-5)12-13-7(14)8(9,10)11;1-14-2(4(6,7)8)12-13-3(14)5(9,10)11;/h2-4H,1H3;1H3;1H4. The van der Waals surface area contributed by atoms with Crippen molar-refractivity contribution in [1.82, 2.24) is 29.5 Å². The third-order valence-electron chi connectivity index (χ3n) is 3.25. The van der Waals surface area contributed by atoms with Gasteiger partial charge in [-0.15, -0.1) is 31.7 Å². The summed E-state index contributed by atoms with van der Waals surface area (Å²) in [6.07, 6.45) is -14.3. The maximum absolute atomic E-state index is 12.4. The van der Waals surface area contributed by atoms with Crippen molar-refractivity contribution in [3.63, 3.8) is 0 Å². The van der Waals surface area contributed by atoms with Crippen LogP contribution >= 0.6 is 11.3 Å². The van der Waals surface area contributed by atoms with Gasteiger partial charge in [0.25, 0.3) is 0 Å². The molecule has 0 saturated heterocycles. The smallest absolute Gasteiger partial charge is 0.306 e. The molecular formula is C14H13F9N6S. The molecule has 0 unspecified atom stereocenters. The van der Waals surface area contributed by atoms with Gasteiger partial charge in [-0.1, -0.05) is 13.5 Å². The Labute approximate surface area is 167 Å². The quantitative estimate of drug-likeness (QED) is 0.469. The van der Waals surface area contributed by atoms with Crippen LogP contribution in [0.2, 0.25) is 0 Å². The summed E-state index contributed by atoms with van der Waals surface area (Å²) in [6, 6.07) is 3.46. The van der Waals surface area contributed by atoms with Gasteiger partial charge < -0.3 is 9.13 Å². The van der Waals surface area contributed by atoms with Gasteiger partial charge in [-0.05, 0) is 11.4 Å². The molecule has 3 aromatic heterocycles. The van der Waals surface area contributed by atoms with Crippen molar-refractivity contribution in [2.45, 2.75) is 26.0 Å². The molecular weight excluding hydrogens is 455 g/mol. The Morgan fingerprint density at radius 1 is 0.700 bits per heavy atom. The molecule has 0 aliphatic carbocycles. The number of aromatic nitrogens is 6. The van der Waals surface area contributed by atoms with Gasteiger partial charge in [-0.25, -0.2) is 0 Å². The van der Waals surface area contributed by atoms with Crippen LogP contribution in [-0.4, -0.2) is 29.5 Å². The summed E-state index contributed by atoms with van der Waals surface area (Å²) in [5.41, 5.74) is 0. The lowest BCUT2D eigenvalue weighted by Gasteiger charge is -2.07. The Kier molecular flexibility index (Phi) is 7.29. The van der Waals surface area contributed by atoms with Crippen LogP contribution in [0, 0.1) is 0 Å². The van der Waals surface area contributed by atoms with Gasteiger partial charge >= 0.3 is 18.5 Å². The molecule has 3 heterocycles. The molecule has 0 saturated carbocycles. The van der Waals surface area contributed by atoms with E-state index in [0.717, 1.165) is 4.57 Å². The average Bonchev–Trinajstić information content (AvgIpc) is 3.23. The normalized spacial score (nSPS) is 12.2. The van der Waals surface area contributed by atoms with E-state index in [0.29, 0.717) is 11.9 Å². The summed E-state index contributed by atoms with van der Waals surface area (Å²) in [5.74, 6) is -4.10. The Bertz CT molecular complexity index is 919. The SMILES string of the molecule is C.Cn1c(-c2cccs2)nnc1C(F)(F)F.Cn1c(C(F)(F)F)nnc1C(F)(F)F. The minimum absolute atomic E-state index is 0. The lowest BCUT2D eigenvalue weighted by Crippen LogP contribution is -2.17. The van der Waals surface area contributed by atoms with E-state index in [2.05, 4.69) is 20.4 Å². The third-order valence-corrected chi connectivity index (χ3v) is 4.12. The Morgan fingerprint density at radius 3 is 1.40 bits per heavy atom. The average molecular weight is 468 g/mol. The van der Waals surface area contributed by atoms with Crippen molar-refractivity contribution in [3.8, 4) is 10.7 Å². The lowest BCUT2D eigenvalue weighted by atomic mass is 10.4. The molecule has 0 aromatic carbocycles. The zero-order chi connectivity index (χ0) is 22.2. The van der Waals surface area contributed by atoms with Crippen LogP contribution in [0.3, 0.4) is 0 Å². The van der Waals surface area contributed by atoms with Gasteiger partial charge in [0.05, 0.1) is 4.88 Å². The summed E-state index contributed by atoms with van der Waals surface area (Å²) < 4.78 is 110. The largest absolute Gasteiger partial charge is 0.451 e. The molecule has 3 rings (SSSR count). The second-order valence-corrected chi connectivity index (χ2v) is 6.23. The van der Waals surface area contributed by atoms with E-state index in [1.807, 2.05) is 0 Å². The fourth-order valence-corrected chi connectivity index (χ4v) is 2.76. The Balaban J connectivity index is 0.000000291. The van der Waals surface area contributed by atoms with Crippen molar-refractivity contribution >= 4 is 11.3 Å². The summed E-state index contributed by atoms with van der Waals surface area (Å²) in [6.45, 7) is 0. The van der Waals surface area contributed by atoms with Crippen LogP contribution in [0.25, 0.3) is 10.7 Å². The van der Waals surface area contributed by atoms with Gasteiger partial charge in [-0.2, -0.15) is 39.5 Å². The first kappa shape index (κ1) is 25.4. The zero-order valence-electron chi connectivity index (χ0n) is 14.2. The van der Waals surface area contributed by atoms with Gasteiger partial charge in [0, 0.05) is 14.1 Å². The zero-order valence-corrected chi connectivity index (χ0v) is 15.0. The maximum atomic E-state index is 12.4. The molecule has 168 valence electrons. The van der Waals surface area contributed by atoms with Gasteiger partial charge in [0.2, 0.25) is 17.5 Å². The van der Waals surface area contributed by atoms with Crippen LogP contribution in [0.15, 0.2) is 17.5 Å². The molecule has 0 aliphatic rings. The highest BCUT2D eigenvalue weighted by Gasteiger charge is 2.44. The molecule has 0 spiro atoms. The molecule has 0 atom stereocenters. The van der Waals surface area contributed by atoms with Crippen molar-refractivity contribution in [3.05, 3.63) is 35.0 Å². The van der Waals surface area contributed by atoms with Crippen LogP contribution in [0.4, 0.5) is 39.5 Å². The van der Waals surface area contributed by atoms with Gasteiger partial charge in [0.15, 0.2) is 5.82 Å². The summed E-state index contributed by atoms with van der Waals surface area (Å²) in [5, 5.41) is 13.3. The van der Waals surface area contributed by atoms with Gasteiger partial charge in [-0.3, -0.25) is 0 Å². The summed E-state index contributed by atoms with van der Waals surface area (Å²) in [4.78, 5) is 0.667. The highest BCUT2D eigenvalue weighted by molar-refractivity contribution is 7.13. The van der Waals surface area contributed by atoms with Crippen molar-refractivity contribution < 1.29 is 39.5 Å². The predicted molar refractivity (Wildman–Crippen MR) is 87.1 cm³/mol. The van der Waals surface area contributed by atoms with Crippen LogP contribution in [0.5, 0.6) is 0 Å². The highest BCUT2D eigenvalue weighted by Crippen LogP contribution is 2.33. The number of rotatable bonds is 1. The molecule has 16 heteroatoms. The van der Waals surface area contributed by atoms with Crippen LogP contribution in [0.1, 0.15) is 24.9 Å². The third kappa shape index (κ3) is 5.48. The van der Waals surface area contributed by atoms with E-state index in [1.54, 1.807) is 17.5 Å². The number of hydrogen-bond acceptors (Lipinski definition) is 5. The van der Waals surface area contributed by atoms with E-state index >= 15 is 0 Å². The molecule has 0 aliphatic heterocycles. The molecule has 0 radical (unpaired) electrons. The number of halogens is 9. The molecule has 6 nitrogen and oxygen atoms in total. The monoisotopic (exact) mass is 468 g/mol. The van der Waals surface area contributed by atoms with Crippen LogP contribution in [-0.2, 0) is 32.6 Å². The Morgan fingerprint density at radius 2 is 1.10 bits per heavy atom. The van der Waals surface area contributed by atoms with Crippen molar-refractivity contribution in [1.29, 1.82) is 0 Å². The first-order valence-electron chi connectivity index (χ1n) is 7.18. The van der Waals surface area contributed by atoms with E-state index in [9.17, 15) is 39.5 Å². The van der Waals surface area contributed by atoms with E-state index in [-0.39, 0.29) is 17.8 Å². The fraction of sp³-hybridized carbons (Fsp3) is 0.429. The lowest BCUT2D eigenvalue weighted by molar-refractivity contribution is -0.154. The first-order valence-corrected chi connectivity index (χ1v) is 8.06. The minimum Gasteiger partial charge on any atom is -0.306 e. The molecule has 0 fully saturated rings. The van der Waals surface area contributed by atoms with Gasteiger partial charge in [0.1, 0.15) is 0 Å². The molecule has 30 heavy (non-hydrogen) atoms. The highest BCUT2D eigenvalue weighted by atomic mass is 32.1. The topological polar surface area (TPSA) is 61.4 Å². The summed E-state index contributed by atoms with van der Waals surface area (Å²) in [7, 11) is 1.91. The van der Waals surface area contributed by atoms with Crippen LogP contribution < -0.4 is 0 Å². The predicted octanol–water partition coefficient (Wildman–Crippen LogP) is 5.05.